The van der Waals surface area contributed by atoms with Gasteiger partial charge in [0.05, 0.1) is 10.6 Å². The average molecular weight is 385 g/mol. The normalized spacial score (nSPS) is 12.2. The Morgan fingerprint density at radius 2 is 1.88 bits per heavy atom. The van der Waals surface area contributed by atoms with E-state index in [0.717, 1.165) is 15.3 Å². The highest BCUT2D eigenvalue weighted by atomic mass is 35.5. The van der Waals surface area contributed by atoms with Gasteiger partial charge in [-0.2, -0.15) is 5.10 Å². The van der Waals surface area contributed by atoms with Crippen molar-refractivity contribution in [3.8, 4) is 0 Å². The first-order valence-corrected chi connectivity index (χ1v) is 10.4. The number of amides is 1. The van der Waals surface area contributed by atoms with Crippen molar-refractivity contribution >= 4 is 44.4 Å². The van der Waals surface area contributed by atoms with Gasteiger partial charge in [-0.25, -0.2) is 13.8 Å². The van der Waals surface area contributed by atoms with Crippen LogP contribution in [0.5, 0.6) is 0 Å². The highest BCUT2D eigenvalue weighted by Crippen LogP contribution is 2.23. The Bertz CT molecular complexity index is 856. The van der Waals surface area contributed by atoms with E-state index in [1.165, 1.54) is 17.6 Å². The highest BCUT2D eigenvalue weighted by molar-refractivity contribution is 7.90. The molecule has 2 rings (SSSR count). The SMILES string of the molecule is CCC(=O)NN=C(c1ccc(Cl)cc1)c1ccc(CS(C)(=O)=O)s1. The fourth-order valence-electron chi connectivity index (χ4n) is 1.91. The molecule has 0 saturated heterocycles. The van der Waals surface area contributed by atoms with Gasteiger partial charge in [0.1, 0.15) is 5.71 Å². The number of carbonyl (C=O) groups excluding carboxylic acids is 1. The monoisotopic (exact) mass is 384 g/mol. The van der Waals surface area contributed by atoms with Crippen LogP contribution in [-0.2, 0) is 20.4 Å². The van der Waals surface area contributed by atoms with Gasteiger partial charge in [-0.15, -0.1) is 11.3 Å². The fourth-order valence-corrected chi connectivity index (χ4v) is 4.34. The molecule has 8 heteroatoms. The van der Waals surface area contributed by atoms with Crippen LogP contribution in [0.1, 0.15) is 28.7 Å². The van der Waals surface area contributed by atoms with Crippen LogP contribution in [0.4, 0.5) is 0 Å². The summed E-state index contributed by atoms with van der Waals surface area (Å²) in [4.78, 5) is 13.0. The number of hydrazone groups is 1. The molecule has 1 aromatic carbocycles. The largest absolute Gasteiger partial charge is 0.273 e. The predicted octanol–water partition coefficient (Wildman–Crippen LogP) is 3.22. The van der Waals surface area contributed by atoms with Gasteiger partial charge in [-0.3, -0.25) is 4.79 Å². The molecular formula is C16H17ClN2O3S2. The lowest BCUT2D eigenvalue weighted by Gasteiger charge is -2.06. The summed E-state index contributed by atoms with van der Waals surface area (Å²) in [5.41, 5.74) is 3.85. The van der Waals surface area contributed by atoms with Gasteiger partial charge in [0.2, 0.25) is 5.91 Å². The summed E-state index contributed by atoms with van der Waals surface area (Å²) in [6.45, 7) is 1.74. The maximum atomic E-state index is 11.5. The Morgan fingerprint density at radius 1 is 1.21 bits per heavy atom. The molecule has 5 nitrogen and oxygen atoms in total. The Morgan fingerprint density at radius 3 is 2.46 bits per heavy atom. The summed E-state index contributed by atoms with van der Waals surface area (Å²) >= 11 is 7.25. The Labute approximate surface area is 150 Å². The van der Waals surface area contributed by atoms with E-state index in [0.29, 0.717) is 17.2 Å². The van der Waals surface area contributed by atoms with Crippen LogP contribution in [0.25, 0.3) is 0 Å². The van der Waals surface area contributed by atoms with Crippen molar-refractivity contribution in [2.24, 2.45) is 5.10 Å². The Kier molecular flexibility index (Phi) is 6.15. The molecule has 0 atom stereocenters. The summed E-state index contributed by atoms with van der Waals surface area (Å²) in [5.74, 6) is -0.221. The van der Waals surface area contributed by atoms with Gasteiger partial charge in [0.25, 0.3) is 0 Å². The summed E-state index contributed by atoms with van der Waals surface area (Å²) < 4.78 is 22.9. The minimum absolute atomic E-state index is 0.0209. The number of nitrogens with one attached hydrogen (secondary N) is 1. The molecule has 0 aliphatic rings. The summed E-state index contributed by atoms with van der Waals surface area (Å²) in [5, 5.41) is 4.81. The second-order valence-corrected chi connectivity index (χ2v) is 8.94. The van der Waals surface area contributed by atoms with Crippen molar-refractivity contribution in [2.75, 3.05) is 6.26 Å². The number of rotatable bonds is 6. The fraction of sp³-hybridized carbons (Fsp3) is 0.250. The maximum Gasteiger partial charge on any atom is 0.239 e. The molecular weight excluding hydrogens is 368 g/mol. The molecule has 128 valence electrons. The molecule has 0 spiro atoms. The van der Waals surface area contributed by atoms with E-state index in [1.807, 2.05) is 0 Å². The van der Waals surface area contributed by atoms with E-state index in [2.05, 4.69) is 10.5 Å². The van der Waals surface area contributed by atoms with E-state index in [1.54, 1.807) is 43.3 Å². The highest BCUT2D eigenvalue weighted by Gasteiger charge is 2.13. The molecule has 0 aliphatic heterocycles. The molecule has 1 N–H and O–H groups in total. The molecule has 1 amide bonds. The minimum atomic E-state index is -3.11. The van der Waals surface area contributed by atoms with E-state index >= 15 is 0 Å². The Balaban J connectivity index is 2.39. The van der Waals surface area contributed by atoms with Gasteiger partial charge in [-0.1, -0.05) is 30.7 Å². The lowest BCUT2D eigenvalue weighted by Crippen LogP contribution is -2.18. The first-order valence-electron chi connectivity index (χ1n) is 7.18. The van der Waals surface area contributed by atoms with Crippen LogP contribution in [-0.4, -0.2) is 26.3 Å². The van der Waals surface area contributed by atoms with E-state index in [4.69, 9.17) is 11.6 Å². The number of nitrogens with zero attached hydrogens (tertiary/aromatic N) is 1. The predicted molar refractivity (Wildman–Crippen MR) is 98.4 cm³/mol. The van der Waals surface area contributed by atoms with Gasteiger partial charge in [0.15, 0.2) is 9.84 Å². The molecule has 0 radical (unpaired) electrons. The van der Waals surface area contributed by atoms with E-state index in [-0.39, 0.29) is 11.7 Å². The standard InChI is InChI=1S/C16H17ClN2O3S2/c1-3-15(20)18-19-16(11-4-6-12(17)7-5-11)14-9-8-13(23-14)10-24(2,21)22/h4-9H,3,10H2,1-2H3,(H,18,20). The number of carbonyl (C=O) groups is 1. The quantitative estimate of drug-likeness (QED) is 0.613. The van der Waals surface area contributed by atoms with Gasteiger partial charge < -0.3 is 0 Å². The second kappa shape index (κ2) is 7.92. The van der Waals surface area contributed by atoms with Crippen molar-refractivity contribution in [3.05, 3.63) is 56.7 Å². The molecule has 0 bridgehead atoms. The number of halogens is 1. The number of sulfone groups is 1. The molecule has 1 aromatic heterocycles. The lowest BCUT2D eigenvalue weighted by atomic mass is 10.1. The molecule has 0 fully saturated rings. The van der Waals surface area contributed by atoms with Crippen molar-refractivity contribution in [3.63, 3.8) is 0 Å². The van der Waals surface area contributed by atoms with E-state index in [9.17, 15) is 13.2 Å². The third-order valence-electron chi connectivity index (χ3n) is 3.03. The van der Waals surface area contributed by atoms with Crippen molar-refractivity contribution in [1.29, 1.82) is 0 Å². The summed E-state index contributed by atoms with van der Waals surface area (Å²) in [6, 6.07) is 10.6. The van der Waals surface area contributed by atoms with Crippen LogP contribution in [0.15, 0.2) is 41.5 Å². The average Bonchev–Trinajstić information content (AvgIpc) is 2.95. The smallest absolute Gasteiger partial charge is 0.239 e. The number of hydrogen-bond acceptors (Lipinski definition) is 5. The zero-order valence-electron chi connectivity index (χ0n) is 13.2. The van der Waals surface area contributed by atoms with Crippen molar-refractivity contribution in [2.45, 2.75) is 19.1 Å². The molecule has 2 aromatic rings. The zero-order valence-corrected chi connectivity index (χ0v) is 15.6. The molecule has 24 heavy (non-hydrogen) atoms. The summed E-state index contributed by atoms with van der Waals surface area (Å²) in [7, 11) is -3.11. The van der Waals surface area contributed by atoms with Crippen LogP contribution >= 0.6 is 22.9 Å². The minimum Gasteiger partial charge on any atom is -0.273 e. The number of hydrogen-bond donors (Lipinski definition) is 1. The van der Waals surface area contributed by atoms with Crippen molar-refractivity contribution in [1.82, 2.24) is 5.43 Å². The molecule has 0 unspecified atom stereocenters. The Hall–Kier alpha value is -1.70. The maximum absolute atomic E-state index is 11.5. The first kappa shape index (κ1) is 18.6. The number of thiophene rings is 1. The molecule has 1 heterocycles. The third kappa shape index (κ3) is 5.43. The molecule has 0 aliphatic carbocycles. The molecule has 0 saturated carbocycles. The van der Waals surface area contributed by atoms with E-state index < -0.39 is 9.84 Å². The van der Waals surface area contributed by atoms with Crippen LogP contribution in [0, 0.1) is 0 Å². The second-order valence-electron chi connectivity index (χ2n) is 5.19. The topological polar surface area (TPSA) is 75.6 Å². The number of benzene rings is 1. The third-order valence-corrected chi connectivity index (χ3v) is 5.39. The zero-order chi connectivity index (χ0) is 17.7. The van der Waals surface area contributed by atoms with Gasteiger partial charge in [0, 0.05) is 28.1 Å². The van der Waals surface area contributed by atoms with Crippen molar-refractivity contribution < 1.29 is 13.2 Å². The summed E-state index contributed by atoms with van der Waals surface area (Å²) in [6.07, 6.45) is 1.52. The lowest BCUT2D eigenvalue weighted by molar-refractivity contribution is -0.120. The van der Waals surface area contributed by atoms with Gasteiger partial charge >= 0.3 is 0 Å². The van der Waals surface area contributed by atoms with Gasteiger partial charge in [-0.05, 0) is 24.3 Å². The first-order chi connectivity index (χ1) is 11.3. The van der Waals surface area contributed by atoms with Crippen LogP contribution < -0.4 is 5.43 Å². The van der Waals surface area contributed by atoms with Crippen LogP contribution in [0.2, 0.25) is 5.02 Å². The van der Waals surface area contributed by atoms with Crippen LogP contribution in [0.3, 0.4) is 0 Å².